The maximum absolute atomic E-state index is 5.92. The van der Waals surface area contributed by atoms with Crippen LogP contribution in [0.1, 0.15) is 26.2 Å². The summed E-state index contributed by atoms with van der Waals surface area (Å²) in [5, 5.41) is 4.16. The Bertz CT molecular complexity index is 315. The molecule has 96 valence electrons. The van der Waals surface area contributed by atoms with Gasteiger partial charge in [-0.1, -0.05) is 37.4 Å². The van der Waals surface area contributed by atoms with Gasteiger partial charge in [0.25, 0.3) is 0 Å². The van der Waals surface area contributed by atoms with Gasteiger partial charge in [0.15, 0.2) is 0 Å². The zero-order chi connectivity index (χ0) is 12.5. The van der Waals surface area contributed by atoms with Crippen LogP contribution in [0.25, 0.3) is 0 Å². The normalized spacial score (nSPS) is 10.8. The third kappa shape index (κ3) is 6.54. The van der Waals surface area contributed by atoms with Crippen molar-refractivity contribution in [2.75, 3.05) is 32.0 Å². The molecule has 0 heterocycles. The average Bonchev–Trinajstić information content (AvgIpc) is 2.29. The molecule has 3 heteroatoms. The first-order valence-corrected chi connectivity index (χ1v) is 6.78. The monoisotopic (exact) mass is 254 g/mol. The molecule has 0 bridgehead atoms. The maximum atomic E-state index is 5.92. The Labute approximate surface area is 110 Å². The Balaban J connectivity index is 2.14. The highest BCUT2D eigenvalue weighted by Gasteiger charge is 1.98. The first-order chi connectivity index (χ1) is 8.22. The van der Waals surface area contributed by atoms with Gasteiger partial charge in [0.05, 0.1) is 0 Å². The van der Waals surface area contributed by atoms with Crippen LogP contribution in [-0.4, -0.2) is 31.6 Å². The highest BCUT2D eigenvalue weighted by atomic mass is 35.5. The van der Waals surface area contributed by atoms with Gasteiger partial charge in [-0.15, -0.1) is 0 Å². The number of unbranched alkanes of at least 4 members (excludes halogenated alkanes) is 2. The fourth-order valence-corrected chi connectivity index (χ4v) is 1.92. The lowest BCUT2D eigenvalue weighted by molar-refractivity contribution is 0.337. The molecule has 1 rings (SSSR count). The molecule has 0 radical (unpaired) electrons. The lowest BCUT2D eigenvalue weighted by atomic mass is 10.2. The Morgan fingerprint density at radius 1 is 1.24 bits per heavy atom. The smallest absolute Gasteiger partial charge is 0.0426 e. The van der Waals surface area contributed by atoms with E-state index in [-0.39, 0.29) is 0 Å². The fraction of sp³-hybridized carbons (Fsp3) is 0.571. The van der Waals surface area contributed by atoms with E-state index in [0.29, 0.717) is 0 Å². The standard InChI is InChI=1S/C14H23ClN2/c1-3-4-5-10-17(2)11-9-16-14-8-6-7-13(15)12-14/h6-8,12,16H,3-5,9-11H2,1-2H3. The van der Waals surface area contributed by atoms with E-state index in [9.17, 15) is 0 Å². The third-order valence-electron chi connectivity index (χ3n) is 2.79. The molecule has 0 amide bonds. The van der Waals surface area contributed by atoms with Gasteiger partial charge >= 0.3 is 0 Å². The van der Waals surface area contributed by atoms with Gasteiger partial charge in [-0.25, -0.2) is 0 Å². The first-order valence-electron chi connectivity index (χ1n) is 6.40. The number of hydrogen-bond donors (Lipinski definition) is 1. The Hall–Kier alpha value is -0.730. The van der Waals surface area contributed by atoms with Crippen LogP contribution < -0.4 is 5.32 Å². The molecule has 1 N–H and O–H groups in total. The van der Waals surface area contributed by atoms with E-state index < -0.39 is 0 Å². The van der Waals surface area contributed by atoms with Crippen molar-refractivity contribution in [2.24, 2.45) is 0 Å². The predicted octanol–water partition coefficient (Wildman–Crippen LogP) is 3.87. The van der Waals surface area contributed by atoms with Gasteiger partial charge in [0.2, 0.25) is 0 Å². The zero-order valence-electron chi connectivity index (χ0n) is 10.9. The number of halogens is 1. The quantitative estimate of drug-likeness (QED) is 0.709. The molecule has 0 saturated carbocycles. The summed E-state index contributed by atoms with van der Waals surface area (Å²) in [7, 11) is 2.18. The maximum Gasteiger partial charge on any atom is 0.0426 e. The number of nitrogens with one attached hydrogen (secondary N) is 1. The van der Waals surface area contributed by atoms with Crippen LogP contribution in [0.3, 0.4) is 0 Å². The van der Waals surface area contributed by atoms with Crippen LogP contribution in [0.15, 0.2) is 24.3 Å². The molecule has 0 aliphatic rings. The molecule has 0 aromatic heterocycles. The highest BCUT2D eigenvalue weighted by Crippen LogP contribution is 2.14. The Morgan fingerprint density at radius 2 is 2.06 bits per heavy atom. The van der Waals surface area contributed by atoms with Crippen molar-refractivity contribution in [2.45, 2.75) is 26.2 Å². The van der Waals surface area contributed by atoms with Gasteiger partial charge in [0, 0.05) is 23.8 Å². The predicted molar refractivity (Wildman–Crippen MR) is 77.0 cm³/mol. The number of nitrogens with zero attached hydrogens (tertiary/aromatic N) is 1. The molecular weight excluding hydrogens is 232 g/mol. The van der Waals surface area contributed by atoms with Crippen LogP contribution >= 0.6 is 11.6 Å². The van der Waals surface area contributed by atoms with E-state index >= 15 is 0 Å². The highest BCUT2D eigenvalue weighted by molar-refractivity contribution is 6.30. The molecule has 0 saturated heterocycles. The Kier molecular flexibility index (Phi) is 7.06. The molecular formula is C14H23ClN2. The van der Waals surface area contributed by atoms with Crippen molar-refractivity contribution < 1.29 is 0 Å². The minimum Gasteiger partial charge on any atom is -0.384 e. The van der Waals surface area contributed by atoms with E-state index in [1.165, 1.54) is 25.8 Å². The molecule has 0 aliphatic heterocycles. The van der Waals surface area contributed by atoms with E-state index in [0.717, 1.165) is 23.8 Å². The van der Waals surface area contributed by atoms with Crippen LogP contribution in [0.2, 0.25) is 5.02 Å². The first kappa shape index (κ1) is 14.3. The lowest BCUT2D eigenvalue weighted by Crippen LogP contribution is -2.26. The summed E-state index contributed by atoms with van der Waals surface area (Å²) in [6.07, 6.45) is 3.91. The number of likely N-dealkylation sites (N-methyl/N-ethyl adjacent to an activating group) is 1. The van der Waals surface area contributed by atoms with E-state index in [2.05, 4.69) is 24.2 Å². The van der Waals surface area contributed by atoms with E-state index in [1.54, 1.807) is 0 Å². The number of hydrogen-bond acceptors (Lipinski definition) is 2. The second-order valence-electron chi connectivity index (χ2n) is 4.45. The van der Waals surface area contributed by atoms with Crippen molar-refractivity contribution in [1.82, 2.24) is 4.90 Å². The van der Waals surface area contributed by atoms with Crippen molar-refractivity contribution in [1.29, 1.82) is 0 Å². The molecule has 17 heavy (non-hydrogen) atoms. The van der Waals surface area contributed by atoms with Crippen LogP contribution in [0, 0.1) is 0 Å². The summed E-state index contributed by atoms with van der Waals surface area (Å²) >= 11 is 5.92. The summed E-state index contributed by atoms with van der Waals surface area (Å²) < 4.78 is 0. The minimum absolute atomic E-state index is 0.784. The largest absolute Gasteiger partial charge is 0.384 e. The minimum atomic E-state index is 0.784. The molecule has 1 aromatic carbocycles. The van der Waals surface area contributed by atoms with E-state index in [1.807, 2.05) is 24.3 Å². The summed E-state index contributed by atoms with van der Waals surface area (Å²) in [4.78, 5) is 2.37. The second kappa shape index (κ2) is 8.37. The topological polar surface area (TPSA) is 15.3 Å². The third-order valence-corrected chi connectivity index (χ3v) is 3.03. The van der Waals surface area contributed by atoms with E-state index in [4.69, 9.17) is 11.6 Å². The molecule has 2 nitrogen and oxygen atoms in total. The van der Waals surface area contributed by atoms with Crippen LogP contribution in [0.5, 0.6) is 0 Å². The molecule has 0 atom stereocenters. The van der Waals surface area contributed by atoms with Crippen molar-refractivity contribution in [3.8, 4) is 0 Å². The van der Waals surface area contributed by atoms with Crippen LogP contribution in [-0.2, 0) is 0 Å². The summed E-state index contributed by atoms with van der Waals surface area (Å²) in [6, 6.07) is 7.86. The molecule has 0 spiro atoms. The van der Waals surface area contributed by atoms with Gasteiger partial charge in [0.1, 0.15) is 0 Å². The second-order valence-corrected chi connectivity index (χ2v) is 4.88. The van der Waals surface area contributed by atoms with Gasteiger partial charge < -0.3 is 10.2 Å². The van der Waals surface area contributed by atoms with Crippen molar-refractivity contribution in [3.05, 3.63) is 29.3 Å². The van der Waals surface area contributed by atoms with Crippen molar-refractivity contribution in [3.63, 3.8) is 0 Å². The van der Waals surface area contributed by atoms with Gasteiger partial charge in [-0.05, 0) is 38.2 Å². The average molecular weight is 255 g/mol. The SMILES string of the molecule is CCCCCN(C)CCNc1cccc(Cl)c1. The van der Waals surface area contributed by atoms with Gasteiger partial charge in [-0.3, -0.25) is 0 Å². The molecule has 0 fully saturated rings. The summed E-state index contributed by atoms with van der Waals surface area (Å²) in [6.45, 7) is 5.45. The number of anilines is 1. The fourth-order valence-electron chi connectivity index (χ4n) is 1.73. The number of benzene rings is 1. The summed E-state index contributed by atoms with van der Waals surface area (Å²) in [5.41, 5.74) is 1.10. The molecule has 0 unspecified atom stereocenters. The molecule has 0 aliphatic carbocycles. The van der Waals surface area contributed by atoms with Crippen molar-refractivity contribution >= 4 is 17.3 Å². The van der Waals surface area contributed by atoms with Crippen LogP contribution in [0.4, 0.5) is 5.69 Å². The lowest BCUT2D eigenvalue weighted by Gasteiger charge is -2.17. The summed E-state index contributed by atoms with van der Waals surface area (Å²) in [5.74, 6) is 0. The number of rotatable bonds is 8. The molecule has 1 aromatic rings. The van der Waals surface area contributed by atoms with Gasteiger partial charge in [-0.2, -0.15) is 0 Å². The Morgan fingerprint density at radius 3 is 2.76 bits per heavy atom. The zero-order valence-corrected chi connectivity index (χ0v) is 11.6.